The molecule has 5 heterocycles. The molecule has 1 spiro atoms. The normalized spacial score (nSPS) is 21.9. The first-order valence-electron chi connectivity index (χ1n) is 11.2. The van der Waals surface area contributed by atoms with Gasteiger partial charge in [-0.15, -0.1) is 12.4 Å². The molecule has 2 aliphatic heterocycles. The van der Waals surface area contributed by atoms with Crippen molar-refractivity contribution in [3.05, 3.63) is 40.6 Å². The third kappa shape index (κ3) is 4.38. The smallest absolute Gasteiger partial charge is 0.156 e. The van der Waals surface area contributed by atoms with Gasteiger partial charge in [-0.05, 0) is 39.7 Å². The largest absolute Gasteiger partial charge is 0.390 e. The maximum Gasteiger partial charge on any atom is 0.156 e. The lowest BCUT2D eigenvalue weighted by atomic mass is 9.73. The minimum absolute atomic E-state index is 0. The Balaban J connectivity index is 0.00000274. The van der Waals surface area contributed by atoms with E-state index in [0.29, 0.717) is 10.7 Å². The summed E-state index contributed by atoms with van der Waals surface area (Å²) in [7, 11) is 0. The van der Waals surface area contributed by atoms with Crippen molar-refractivity contribution < 1.29 is 9.84 Å². The molecule has 8 nitrogen and oxygen atoms in total. The number of pyridine rings is 1. The molecule has 0 bridgehead atoms. The van der Waals surface area contributed by atoms with E-state index in [1.165, 1.54) is 11.8 Å². The van der Waals surface area contributed by atoms with Crippen LogP contribution in [0.2, 0.25) is 5.02 Å². The third-order valence-corrected chi connectivity index (χ3v) is 8.62. The van der Waals surface area contributed by atoms with E-state index in [9.17, 15) is 5.11 Å². The second kappa shape index (κ2) is 9.79. The van der Waals surface area contributed by atoms with Crippen molar-refractivity contribution in [3.8, 4) is 0 Å². The molecule has 3 N–H and O–H groups in total. The molecule has 34 heavy (non-hydrogen) atoms. The summed E-state index contributed by atoms with van der Waals surface area (Å²) in [5.41, 5.74) is 9.50. The fraction of sp³-hybridized carbons (Fsp3) is 0.522. The summed E-state index contributed by atoms with van der Waals surface area (Å²) in [6.07, 6.45) is 5.86. The van der Waals surface area contributed by atoms with Crippen molar-refractivity contribution in [2.75, 3.05) is 24.6 Å². The monoisotopic (exact) mass is 524 g/mol. The molecular weight excluding hydrogens is 495 g/mol. The zero-order valence-electron chi connectivity index (χ0n) is 19.5. The van der Waals surface area contributed by atoms with Gasteiger partial charge in [-0.3, -0.25) is 0 Å². The van der Waals surface area contributed by atoms with Gasteiger partial charge >= 0.3 is 0 Å². The number of hydrogen-bond acceptors (Lipinski definition) is 8. The Hall–Kier alpha value is -1.62. The number of hydrogen-bond donors (Lipinski definition) is 2. The van der Waals surface area contributed by atoms with E-state index >= 15 is 0 Å². The van der Waals surface area contributed by atoms with Crippen LogP contribution in [0.4, 0.5) is 5.82 Å². The first kappa shape index (κ1) is 25.5. The van der Waals surface area contributed by atoms with Crippen LogP contribution in [0.25, 0.3) is 5.65 Å². The molecule has 0 aliphatic carbocycles. The van der Waals surface area contributed by atoms with Crippen molar-refractivity contribution in [2.24, 2.45) is 11.1 Å². The summed E-state index contributed by atoms with van der Waals surface area (Å²) < 4.78 is 7.75. The molecule has 0 aromatic carbocycles. The first-order chi connectivity index (χ1) is 15.8. The molecule has 0 unspecified atom stereocenters. The van der Waals surface area contributed by atoms with Crippen LogP contribution in [0.15, 0.2) is 28.4 Å². The predicted octanol–water partition coefficient (Wildman–Crippen LogP) is 3.79. The number of fused-ring (bicyclic) bond motifs is 1. The lowest BCUT2D eigenvalue weighted by molar-refractivity contribution is 0.0973. The summed E-state index contributed by atoms with van der Waals surface area (Å²) in [4.78, 5) is 17.2. The molecule has 2 fully saturated rings. The number of nitrogens with two attached hydrogens (primary N) is 1. The highest BCUT2D eigenvalue weighted by atomic mass is 35.5. The Morgan fingerprint density at radius 1 is 1.26 bits per heavy atom. The number of nitrogens with zero attached hydrogens (tertiary/aromatic N) is 5. The predicted molar refractivity (Wildman–Crippen MR) is 136 cm³/mol. The Kier molecular flexibility index (Phi) is 7.34. The standard InChI is InChI=1S/C23H29ClN6O2S.ClH/c1-13-10-30-7-4-17(18(24)21(30)26-13)33-22-14(2)27-20(16(11-31)28-22)29-8-5-23(6-9-29)12-32-15(3)19(23)25;/h4,7,10,15,19,31H,5-6,8-9,11-12,25H2,1-3H3;1H/t15-,19+;/m0./s1. The van der Waals surface area contributed by atoms with Gasteiger partial charge < -0.3 is 24.9 Å². The number of aromatic nitrogens is 4. The van der Waals surface area contributed by atoms with Gasteiger partial charge in [0, 0.05) is 41.8 Å². The number of rotatable bonds is 4. The summed E-state index contributed by atoms with van der Waals surface area (Å²) in [5, 5.41) is 11.4. The Morgan fingerprint density at radius 2 is 2.00 bits per heavy atom. The van der Waals surface area contributed by atoms with Crippen LogP contribution in [0, 0.1) is 19.3 Å². The number of ether oxygens (including phenoxy) is 1. The Morgan fingerprint density at radius 3 is 2.65 bits per heavy atom. The van der Waals surface area contributed by atoms with Gasteiger partial charge in [0.15, 0.2) is 11.5 Å². The van der Waals surface area contributed by atoms with Crippen LogP contribution in [-0.2, 0) is 11.3 Å². The summed E-state index contributed by atoms with van der Waals surface area (Å²) in [6.45, 7) is 8.12. The molecular formula is C23H30Cl2N6O2S. The molecule has 0 radical (unpaired) electrons. The van der Waals surface area contributed by atoms with Gasteiger partial charge in [-0.25, -0.2) is 15.0 Å². The lowest BCUT2D eigenvalue weighted by Crippen LogP contribution is -2.51. The third-order valence-electron chi connectivity index (χ3n) is 6.99. The minimum Gasteiger partial charge on any atom is -0.390 e. The van der Waals surface area contributed by atoms with Crippen molar-refractivity contribution in [2.45, 2.75) is 62.3 Å². The van der Waals surface area contributed by atoms with Crippen LogP contribution < -0.4 is 10.6 Å². The first-order valence-corrected chi connectivity index (χ1v) is 12.4. The van der Waals surface area contributed by atoms with E-state index in [1.54, 1.807) is 0 Å². The van der Waals surface area contributed by atoms with Gasteiger partial charge in [0.1, 0.15) is 10.7 Å². The zero-order valence-corrected chi connectivity index (χ0v) is 21.9. The molecule has 3 aromatic rings. The maximum atomic E-state index is 10.1. The summed E-state index contributed by atoms with van der Waals surface area (Å²) in [6, 6.07) is 2.01. The average molecular weight is 526 g/mol. The minimum atomic E-state index is -0.177. The van der Waals surface area contributed by atoms with E-state index < -0.39 is 0 Å². The Labute approximate surface area is 214 Å². The fourth-order valence-electron chi connectivity index (χ4n) is 4.92. The van der Waals surface area contributed by atoms with Crippen molar-refractivity contribution in [1.82, 2.24) is 19.4 Å². The molecule has 5 rings (SSSR count). The van der Waals surface area contributed by atoms with E-state index in [2.05, 4.69) is 16.8 Å². The molecule has 184 valence electrons. The maximum absolute atomic E-state index is 10.1. The second-order valence-corrected chi connectivity index (χ2v) is 10.6. The fourth-order valence-corrected chi connectivity index (χ4v) is 6.11. The van der Waals surface area contributed by atoms with Gasteiger partial charge in [0.2, 0.25) is 0 Å². The highest BCUT2D eigenvalue weighted by Crippen LogP contribution is 2.42. The topological polar surface area (TPSA) is 102 Å². The van der Waals surface area contributed by atoms with E-state index in [1.807, 2.05) is 36.7 Å². The molecule has 0 saturated carbocycles. The van der Waals surface area contributed by atoms with Gasteiger partial charge in [-0.2, -0.15) is 0 Å². The van der Waals surface area contributed by atoms with Crippen LogP contribution in [0.5, 0.6) is 0 Å². The van der Waals surface area contributed by atoms with E-state index in [-0.39, 0.29) is 36.6 Å². The quantitative estimate of drug-likeness (QED) is 0.531. The highest BCUT2D eigenvalue weighted by molar-refractivity contribution is 7.99. The highest BCUT2D eigenvalue weighted by Gasteiger charge is 2.47. The van der Waals surface area contributed by atoms with E-state index in [4.69, 9.17) is 32.0 Å². The number of imidazole rings is 1. The van der Waals surface area contributed by atoms with Crippen molar-refractivity contribution in [3.63, 3.8) is 0 Å². The number of aliphatic hydroxyl groups excluding tert-OH is 1. The number of aryl methyl sites for hydroxylation is 2. The van der Waals surface area contributed by atoms with Crippen molar-refractivity contribution in [1.29, 1.82) is 0 Å². The average Bonchev–Trinajstić information content (AvgIpc) is 3.32. The molecule has 2 saturated heterocycles. The molecule has 0 amide bonds. The van der Waals surface area contributed by atoms with Crippen molar-refractivity contribution >= 4 is 47.2 Å². The van der Waals surface area contributed by atoms with Crippen LogP contribution in [0.1, 0.15) is 36.8 Å². The van der Waals surface area contributed by atoms with E-state index in [0.717, 1.165) is 65.3 Å². The summed E-state index contributed by atoms with van der Waals surface area (Å²) >= 11 is 8.08. The van der Waals surface area contributed by atoms with Crippen LogP contribution in [-0.4, -0.2) is 56.3 Å². The molecule has 2 aliphatic rings. The number of halogens is 2. The lowest BCUT2D eigenvalue weighted by Gasteiger charge is -2.42. The SMILES string of the molecule is Cc1cn2ccc(Sc3nc(CO)c(N4CCC5(CC4)CO[C@@H](C)[C@H]5N)nc3C)c(Cl)c2n1.Cl. The number of anilines is 1. The van der Waals surface area contributed by atoms with Gasteiger partial charge in [0.25, 0.3) is 0 Å². The molecule has 2 atom stereocenters. The second-order valence-electron chi connectivity index (χ2n) is 9.14. The summed E-state index contributed by atoms with van der Waals surface area (Å²) in [5.74, 6) is 0.750. The number of piperidine rings is 1. The van der Waals surface area contributed by atoms with Gasteiger partial charge in [0.05, 0.1) is 35.7 Å². The molecule has 3 aromatic heterocycles. The number of aliphatic hydroxyl groups is 1. The molecule has 11 heteroatoms. The van der Waals surface area contributed by atoms with Crippen LogP contribution in [0.3, 0.4) is 0 Å². The van der Waals surface area contributed by atoms with Gasteiger partial charge in [-0.1, -0.05) is 23.4 Å². The van der Waals surface area contributed by atoms with Crippen LogP contribution >= 0.6 is 35.8 Å². The Bertz CT molecular complexity index is 1200. The zero-order chi connectivity index (χ0) is 23.3.